The number of imide groups is 1. The van der Waals surface area contributed by atoms with Gasteiger partial charge in [-0.05, 0) is 12.1 Å². The number of hydrogen-bond acceptors (Lipinski definition) is 4. The molecule has 3 rings (SSSR count). The van der Waals surface area contributed by atoms with Crippen LogP contribution < -0.4 is 19.7 Å². The Morgan fingerprint density at radius 3 is 2.61 bits per heavy atom. The van der Waals surface area contributed by atoms with Crippen molar-refractivity contribution >= 4 is 17.6 Å². The Bertz CT molecular complexity index is 545. The molecule has 6 nitrogen and oxygen atoms in total. The van der Waals surface area contributed by atoms with E-state index in [1.807, 2.05) is 0 Å². The molecule has 1 N–H and O–H groups in total. The number of nitrogens with one attached hydrogen (secondary N) is 1. The normalized spacial score (nSPS) is 20.2. The third-order valence-corrected chi connectivity index (χ3v) is 2.49. The van der Waals surface area contributed by atoms with Gasteiger partial charge in [0, 0.05) is 6.07 Å². The molecule has 18 heavy (non-hydrogen) atoms. The Labute approximate surface area is 99.1 Å². The van der Waals surface area contributed by atoms with Crippen LogP contribution in [0.25, 0.3) is 0 Å². The second-order valence-corrected chi connectivity index (χ2v) is 3.69. The first kappa shape index (κ1) is 10.8. The number of urea groups is 1. The van der Waals surface area contributed by atoms with Crippen LogP contribution in [0.5, 0.6) is 11.5 Å². The second-order valence-electron chi connectivity index (χ2n) is 3.69. The van der Waals surface area contributed by atoms with Gasteiger partial charge in [0.15, 0.2) is 11.5 Å². The van der Waals surface area contributed by atoms with Gasteiger partial charge in [-0.2, -0.15) is 0 Å². The molecule has 3 amide bonds. The zero-order valence-corrected chi connectivity index (χ0v) is 8.78. The van der Waals surface area contributed by atoms with Crippen molar-refractivity contribution in [3.63, 3.8) is 0 Å². The predicted octanol–water partition coefficient (Wildman–Crippen LogP) is 1.06. The van der Waals surface area contributed by atoms with Crippen molar-refractivity contribution in [2.45, 2.75) is 6.29 Å². The largest absolute Gasteiger partial charge is 0.586 e. The lowest BCUT2D eigenvalue weighted by molar-refractivity contribution is -0.286. The second kappa shape index (κ2) is 3.31. The van der Waals surface area contributed by atoms with Gasteiger partial charge >= 0.3 is 12.3 Å². The smallest absolute Gasteiger partial charge is 0.395 e. The number of nitrogens with zero attached hydrogens (tertiary/aromatic N) is 1. The summed E-state index contributed by atoms with van der Waals surface area (Å²) in [5.74, 6) is -0.827. The summed E-state index contributed by atoms with van der Waals surface area (Å²) in [4.78, 5) is 23.7. The van der Waals surface area contributed by atoms with Gasteiger partial charge in [0.25, 0.3) is 5.91 Å². The zero-order chi connectivity index (χ0) is 12.9. The Hall–Kier alpha value is -2.38. The Morgan fingerprint density at radius 2 is 1.94 bits per heavy atom. The van der Waals surface area contributed by atoms with E-state index in [9.17, 15) is 18.4 Å². The number of fused-ring (bicyclic) bond motifs is 1. The third-order valence-electron chi connectivity index (χ3n) is 2.49. The van der Waals surface area contributed by atoms with E-state index in [0.29, 0.717) is 0 Å². The lowest BCUT2D eigenvalue weighted by Crippen LogP contribution is -2.30. The van der Waals surface area contributed by atoms with Crippen LogP contribution in [0.3, 0.4) is 0 Å². The average Bonchev–Trinajstić information content (AvgIpc) is 2.76. The van der Waals surface area contributed by atoms with Crippen LogP contribution >= 0.6 is 0 Å². The number of alkyl halides is 2. The summed E-state index contributed by atoms with van der Waals surface area (Å²) in [7, 11) is 0. The minimum Gasteiger partial charge on any atom is -0.395 e. The van der Waals surface area contributed by atoms with E-state index in [0.717, 1.165) is 11.0 Å². The summed E-state index contributed by atoms with van der Waals surface area (Å²) in [6.07, 6.45) is -3.72. The molecule has 0 aliphatic carbocycles. The van der Waals surface area contributed by atoms with Crippen molar-refractivity contribution in [3.8, 4) is 11.5 Å². The van der Waals surface area contributed by atoms with E-state index in [4.69, 9.17) is 0 Å². The first-order chi connectivity index (χ1) is 8.46. The number of ether oxygens (including phenoxy) is 2. The molecule has 1 aromatic rings. The van der Waals surface area contributed by atoms with E-state index in [2.05, 4.69) is 14.8 Å². The number of halogens is 2. The van der Waals surface area contributed by atoms with Gasteiger partial charge in [0.05, 0.1) is 12.2 Å². The molecule has 2 aliphatic heterocycles. The molecular weight excluding hydrogens is 250 g/mol. The van der Waals surface area contributed by atoms with E-state index < -0.39 is 18.2 Å². The number of anilines is 1. The highest BCUT2D eigenvalue weighted by Crippen LogP contribution is 2.42. The minimum atomic E-state index is -3.72. The van der Waals surface area contributed by atoms with Gasteiger partial charge in [0.2, 0.25) is 0 Å². The van der Waals surface area contributed by atoms with E-state index in [1.165, 1.54) is 12.1 Å². The molecule has 0 radical (unpaired) electrons. The van der Waals surface area contributed by atoms with Crippen LogP contribution in [0.15, 0.2) is 18.2 Å². The van der Waals surface area contributed by atoms with E-state index in [-0.39, 0.29) is 23.7 Å². The molecule has 0 spiro atoms. The van der Waals surface area contributed by atoms with Crippen LogP contribution in [-0.2, 0) is 4.79 Å². The van der Waals surface area contributed by atoms with Crippen molar-refractivity contribution in [1.82, 2.24) is 5.32 Å². The number of amides is 3. The summed E-state index contributed by atoms with van der Waals surface area (Å²) in [6.45, 7) is -0.122. The van der Waals surface area contributed by atoms with Gasteiger partial charge < -0.3 is 14.8 Å². The Kier molecular flexibility index (Phi) is 1.98. The van der Waals surface area contributed by atoms with Crippen molar-refractivity contribution in [1.29, 1.82) is 0 Å². The third kappa shape index (κ3) is 1.53. The zero-order valence-electron chi connectivity index (χ0n) is 8.78. The van der Waals surface area contributed by atoms with Crippen LogP contribution in [0, 0.1) is 0 Å². The van der Waals surface area contributed by atoms with Gasteiger partial charge in [-0.1, -0.05) is 0 Å². The average molecular weight is 256 g/mol. The van der Waals surface area contributed by atoms with Crippen molar-refractivity contribution < 1.29 is 27.8 Å². The van der Waals surface area contributed by atoms with Gasteiger partial charge in [0.1, 0.15) is 0 Å². The predicted molar refractivity (Wildman–Crippen MR) is 53.5 cm³/mol. The summed E-state index contributed by atoms with van der Waals surface area (Å²) < 4.78 is 34.0. The monoisotopic (exact) mass is 256 g/mol. The number of carbonyl (C=O) groups excluding carboxylic acids is 2. The molecule has 0 saturated carbocycles. The summed E-state index contributed by atoms with van der Waals surface area (Å²) in [5, 5.41) is 2.32. The van der Waals surface area contributed by atoms with Crippen molar-refractivity contribution in [2.24, 2.45) is 0 Å². The number of carbonyl (C=O) groups is 2. The standard InChI is InChI=1S/C10H6F2N2O4/c11-10(12)17-6-2-1-5(3-7(6)18-10)14-8(15)4-13-9(14)16/h1-3H,4H2,(H,13,16). The first-order valence-corrected chi connectivity index (χ1v) is 4.97. The number of rotatable bonds is 1. The molecule has 1 saturated heterocycles. The molecule has 8 heteroatoms. The van der Waals surface area contributed by atoms with Crippen LogP contribution in [-0.4, -0.2) is 24.8 Å². The highest BCUT2D eigenvalue weighted by Gasteiger charge is 2.44. The molecular formula is C10H6F2N2O4. The molecule has 2 heterocycles. The molecule has 1 fully saturated rings. The van der Waals surface area contributed by atoms with Gasteiger partial charge in [-0.15, -0.1) is 8.78 Å². The van der Waals surface area contributed by atoms with Crippen molar-refractivity contribution in [2.75, 3.05) is 11.4 Å². The lowest BCUT2D eigenvalue weighted by atomic mass is 10.2. The van der Waals surface area contributed by atoms with Gasteiger partial charge in [-0.3, -0.25) is 4.79 Å². The lowest BCUT2D eigenvalue weighted by Gasteiger charge is -2.12. The molecule has 2 aliphatic rings. The van der Waals surface area contributed by atoms with E-state index in [1.54, 1.807) is 0 Å². The maximum atomic E-state index is 12.8. The Morgan fingerprint density at radius 1 is 1.22 bits per heavy atom. The maximum absolute atomic E-state index is 12.8. The van der Waals surface area contributed by atoms with Gasteiger partial charge in [-0.25, -0.2) is 9.69 Å². The molecule has 0 aromatic heterocycles. The summed E-state index contributed by atoms with van der Waals surface area (Å²) >= 11 is 0. The molecule has 0 bridgehead atoms. The molecule has 94 valence electrons. The van der Waals surface area contributed by atoms with Crippen molar-refractivity contribution in [3.05, 3.63) is 18.2 Å². The number of hydrogen-bond donors (Lipinski definition) is 1. The quantitative estimate of drug-likeness (QED) is 0.763. The van der Waals surface area contributed by atoms with Crippen LogP contribution in [0.2, 0.25) is 0 Å². The molecule has 0 atom stereocenters. The highest BCUT2D eigenvalue weighted by atomic mass is 19.3. The minimum absolute atomic E-state index is 0.122. The summed E-state index contributed by atoms with van der Waals surface area (Å²) in [5.41, 5.74) is 0.148. The fourth-order valence-corrected chi connectivity index (χ4v) is 1.76. The maximum Gasteiger partial charge on any atom is 0.586 e. The first-order valence-electron chi connectivity index (χ1n) is 4.97. The van der Waals surface area contributed by atoms with Crippen LogP contribution in [0.4, 0.5) is 19.3 Å². The van der Waals surface area contributed by atoms with Crippen LogP contribution in [0.1, 0.15) is 0 Å². The fourth-order valence-electron chi connectivity index (χ4n) is 1.76. The fraction of sp³-hybridized carbons (Fsp3) is 0.200. The Balaban J connectivity index is 1.97. The molecule has 1 aromatic carbocycles. The number of benzene rings is 1. The molecule has 0 unspecified atom stereocenters. The summed E-state index contributed by atoms with van der Waals surface area (Å²) in [6, 6.07) is 3.08. The highest BCUT2D eigenvalue weighted by molar-refractivity contribution is 6.19. The topological polar surface area (TPSA) is 67.9 Å². The SMILES string of the molecule is O=C1CNC(=O)N1c1ccc2c(c1)OC(F)(F)O2. The van der Waals surface area contributed by atoms with E-state index >= 15 is 0 Å².